The Morgan fingerprint density at radius 1 is 0.810 bits per heavy atom. The minimum atomic E-state index is -1.48. The molecular formula is C14H10O7. The van der Waals surface area contributed by atoms with Gasteiger partial charge >= 0.3 is 5.97 Å². The number of carbonyl (C=O) groups is 2. The van der Waals surface area contributed by atoms with Crippen LogP contribution in [0.3, 0.4) is 0 Å². The van der Waals surface area contributed by atoms with Crippen LogP contribution in [0, 0.1) is 0 Å². The summed E-state index contributed by atoms with van der Waals surface area (Å²) >= 11 is 0. The van der Waals surface area contributed by atoms with Crippen LogP contribution >= 0.6 is 0 Å². The summed E-state index contributed by atoms with van der Waals surface area (Å²) in [5, 5.41) is 47.2. The van der Waals surface area contributed by atoms with E-state index in [4.69, 9.17) is 10.2 Å². The van der Waals surface area contributed by atoms with Crippen LogP contribution in [0.5, 0.6) is 23.0 Å². The van der Waals surface area contributed by atoms with E-state index in [0.29, 0.717) is 0 Å². The Bertz CT molecular complexity index is 749. The first-order valence-electron chi connectivity index (χ1n) is 5.67. The van der Waals surface area contributed by atoms with Crippen molar-refractivity contribution >= 4 is 11.8 Å². The molecule has 0 spiro atoms. The monoisotopic (exact) mass is 290 g/mol. The smallest absolute Gasteiger partial charge is 0.339 e. The third-order valence-electron chi connectivity index (χ3n) is 2.84. The van der Waals surface area contributed by atoms with Crippen LogP contribution in [0.4, 0.5) is 0 Å². The van der Waals surface area contributed by atoms with Gasteiger partial charge in [0.1, 0.15) is 34.1 Å². The van der Waals surface area contributed by atoms with Gasteiger partial charge in [-0.05, 0) is 24.3 Å². The summed E-state index contributed by atoms with van der Waals surface area (Å²) in [6, 6.07) is 5.01. The number of carboxylic acids is 1. The van der Waals surface area contributed by atoms with Crippen molar-refractivity contribution in [3.8, 4) is 23.0 Å². The fraction of sp³-hybridized carbons (Fsp3) is 0. The predicted molar refractivity (Wildman–Crippen MR) is 69.9 cm³/mol. The highest BCUT2D eigenvalue weighted by Gasteiger charge is 2.25. The van der Waals surface area contributed by atoms with Crippen LogP contribution in [-0.2, 0) is 0 Å². The van der Waals surface area contributed by atoms with Crippen LogP contribution in [-0.4, -0.2) is 37.3 Å². The van der Waals surface area contributed by atoms with Gasteiger partial charge in [0, 0.05) is 6.07 Å². The molecule has 0 saturated carbocycles. The molecule has 0 fully saturated rings. The molecule has 0 saturated heterocycles. The van der Waals surface area contributed by atoms with Crippen molar-refractivity contribution in [3.63, 3.8) is 0 Å². The number of ketones is 1. The van der Waals surface area contributed by atoms with Crippen LogP contribution in [0.1, 0.15) is 26.3 Å². The Kier molecular flexibility index (Phi) is 3.41. The molecule has 7 nitrogen and oxygen atoms in total. The number of carboxylic acid groups (broad SMARTS) is 1. The molecule has 0 amide bonds. The van der Waals surface area contributed by atoms with Gasteiger partial charge in [-0.2, -0.15) is 0 Å². The van der Waals surface area contributed by atoms with Crippen LogP contribution in [0.15, 0.2) is 30.3 Å². The van der Waals surface area contributed by atoms with Crippen molar-refractivity contribution in [3.05, 3.63) is 47.0 Å². The first kappa shape index (κ1) is 14.2. The molecule has 2 rings (SSSR count). The lowest BCUT2D eigenvalue weighted by Gasteiger charge is -2.10. The van der Waals surface area contributed by atoms with Gasteiger partial charge < -0.3 is 25.5 Å². The molecule has 0 atom stereocenters. The molecule has 0 aliphatic rings. The van der Waals surface area contributed by atoms with Gasteiger partial charge in [-0.3, -0.25) is 4.79 Å². The van der Waals surface area contributed by atoms with Gasteiger partial charge in [0.15, 0.2) is 0 Å². The Balaban J connectivity index is 2.63. The molecule has 0 heterocycles. The summed E-state index contributed by atoms with van der Waals surface area (Å²) in [5.41, 5.74) is -1.51. The van der Waals surface area contributed by atoms with Gasteiger partial charge in [-0.25, -0.2) is 4.79 Å². The summed E-state index contributed by atoms with van der Waals surface area (Å²) in [6.07, 6.45) is 0. The lowest BCUT2D eigenvalue weighted by Crippen LogP contribution is -2.06. The molecular weight excluding hydrogens is 280 g/mol. The number of phenols is 4. The van der Waals surface area contributed by atoms with Crippen molar-refractivity contribution in [1.82, 2.24) is 0 Å². The molecule has 21 heavy (non-hydrogen) atoms. The van der Waals surface area contributed by atoms with Gasteiger partial charge in [0.25, 0.3) is 0 Å². The maximum atomic E-state index is 12.2. The van der Waals surface area contributed by atoms with Crippen LogP contribution in [0.2, 0.25) is 0 Å². The minimum Gasteiger partial charge on any atom is -0.508 e. The number of hydrogen-bond acceptors (Lipinski definition) is 6. The van der Waals surface area contributed by atoms with Crippen molar-refractivity contribution in [2.75, 3.05) is 0 Å². The van der Waals surface area contributed by atoms with Gasteiger partial charge in [0.05, 0.1) is 5.56 Å². The summed E-state index contributed by atoms with van der Waals surface area (Å²) < 4.78 is 0. The van der Waals surface area contributed by atoms with Crippen LogP contribution < -0.4 is 0 Å². The van der Waals surface area contributed by atoms with Crippen molar-refractivity contribution in [2.24, 2.45) is 0 Å². The number of benzene rings is 2. The molecule has 2 aromatic rings. The number of aromatic hydroxyl groups is 4. The molecule has 108 valence electrons. The first-order chi connectivity index (χ1) is 9.82. The van der Waals surface area contributed by atoms with E-state index in [1.165, 1.54) is 0 Å². The Labute approximate surface area is 118 Å². The normalized spacial score (nSPS) is 10.3. The van der Waals surface area contributed by atoms with E-state index >= 15 is 0 Å². The van der Waals surface area contributed by atoms with E-state index in [2.05, 4.69) is 0 Å². The van der Waals surface area contributed by atoms with Crippen LogP contribution in [0.25, 0.3) is 0 Å². The SMILES string of the molecule is O=C(O)c1ccc(O)c(C(=O)c2ccc(O)cc2O)c1O. The zero-order valence-corrected chi connectivity index (χ0v) is 10.4. The fourth-order valence-electron chi connectivity index (χ4n) is 1.82. The summed E-state index contributed by atoms with van der Waals surface area (Å²) in [7, 11) is 0. The molecule has 5 N–H and O–H groups in total. The van der Waals surface area contributed by atoms with E-state index in [1.54, 1.807) is 0 Å². The zero-order chi connectivity index (χ0) is 15.7. The highest BCUT2D eigenvalue weighted by molar-refractivity contribution is 6.15. The number of carbonyl (C=O) groups excluding carboxylic acids is 1. The number of phenolic OH excluding ortho intramolecular Hbond substituents is 3. The summed E-state index contributed by atoms with van der Waals surface area (Å²) in [6.45, 7) is 0. The molecule has 0 aliphatic carbocycles. The number of aromatic carboxylic acids is 1. The second kappa shape index (κ2) is 5.04. The largest absolute Gasteiger partial charge is 0.508 e. The quantitative estimate of drug-likeness (QED) is 0.539. The lowest BCUT2D eigenvalue weighted by molar-refractivity contribution is 0.0693. The van der Waals surface area contributed by atoms with Gasteiger partial charge in [0.2, 0.25) is 5.78 Å². The second-order valence-electron chi connectivity index (χ2n) is 4.19. The zero-order valence-electron chi connectivity index (χ0n) is 10.4. The average Bonchev–Trinajstić information content (AvgIpc) is 2.37. The van der Waals surface area contributed by atoms with E-state index < -0.39 is 40.1 Å². The fourth-order valence-corrected chi connectivity index (χ4v) is 1.82. The maximum Gasteiger partial charge on any atom is 0.339 e. The third-order valence-corrected chi connectivity index (χ3v) is 2.84. The molecule has 0 bridgehead atoms. The molecule has 0 aromatic heterocycles. The molecule has 7 heteroatoms. The van der Waals surface area contributed by atoms with Crippen molar-refractivity contribution in [1.29, 1.82) is 0 Å². The highest BCUT2D eigenvalue weighted by Crippen LogP contribution is 2.35. The third kappa shape index (κ3) is 2.44. The first-order valence-corrected chi connectivity index (χ1v) is 5.67. The van der Waals surface area contributed by atoms with E-state index in [9.17, 15) is 24.9 Å². The molecule has 0 radical (unpaired) electrons. The number of rotatable bonds is 3. The van der Waals surface area contributed by atoms with E-state index in [-0.39, 0.29) is 11.3 Å². The topological polar surface area (TPSA) is 135 Å². The second-order valence-corrected chi connectivity index (χ2v) is 4.19. The molecule has 0 unspecified atom stereocenters. The molecule has 0 aliphatic heterocycles. The highest BCUT2D eigenvalue weighted by atomic mass is 16.4. The Morgan fingerprint density at radius 3 is 2.00 bits per heavy atom. The van der Waals surface area contributed by atoms with Crippen molar-refractivity contribution < 1.29 is 35.1 Å². The molecule has 2 aromatic carbocycles. The summed E-state index contributed by atoms with van der Waals surface area (Å²) in [4.78, 5) is 23.2. The van der Waals surface area contributed by atoms with E-state index in [1.807, 2.05) is 0 Å². The van der Waals surface area contributed by atoms with Gasteiger partial charge in [-0.15, -0.1) is 0 Å². The summed E-state index contributed by atoms with van der Waals surface area (Å²) in [5.74, 6) is -4.84. The van der Waals surface area contributed by atoms with Gasteiger partial charge in [-0.1, -0.05) is 0 Å². The average molecular weight is 290 g/mol. The predicted octanol–water partition coefficient (Wildman–Crippen LogP) is 1.44. The number of hydrogen-bond donors (Lipinski definition) is 5. The maximum absolute atomic E-state index is 12.2. The Morgan fingerprint density at radius 2 is 1.43 bits per heavy atom. The minimum absolute atomic E-state index is 0.281. The van der Waals surface area contributed by atoms with Crippen molar-refractivity contribution in [2.45, 2.75) is 0 Å². The standard InChI is InChI=1S/C14H10O7/c15-6-1-2-7(10(17)5-6)12(18)11-9(16)4-3-8(13(11)19)14(20)21/h1-5,15-17,19H,(H,20,21). The lowest BCUT2D eigenvalue weighted by atomic mass is 9.98. The van der Waals surface area contributed by atoms with E-state index in [0.717, 1.165) is 30.3 Å². The Hall–Kier alpha value is -3.22.